The molecular formula is C23H32O4. The molecule has 4 nitrogen and oxygen atoms in total. The highest BCUT2D eigenvalue weighted by atomic mass is 16.7. The molecule has 1 spiro atoms. The highest BCUT2D eigenvalue weighted by Gasteiger charge is 2.63. The molecule has 148 valence electrons. The first kappa shape index (κ1) is 18.1. The van der Waals surface area contributed by atoms with Crippen molar-refractivity contribution in [2.45, 2.75) is 69.7 Å². The molecule has 4 fully saturated rings. The molecule has 1 aliphatic heterocycles. The molecule has 0 aromatic heterocycles. The van der Waals surface area contributed by atoms with E-state index < -0.39 is 5.60 Å². The van der Waals surface area contributed by atoms with Gasteiger partial charge in [0.25, 0.3) is 0 Å². The van der Waals surface area contributed by atoms with E-state index in [-0.39, 0.29) is 11.2 Å². The molecule has 0 amide bonds. The van der Waals surface area contributed by atoms with Crippen LogP contribution in [0.25, 0.3) is 0 Å². The van der Waals surface area contributed by atoms with Crippen molar-refractivity contribution < 1.29 is 19.4 Å². The first-order valence-electron chi connectivity index (χ1n) is 10.8. The summed E-state index contributed by atoms with van der Waals surface area (Å²) in [6.45, 7) is 7.58. The summed E-state index contributed by atoms with van der Waals surface area (Å²) < 4.78 is 12.0. The second-order valence-corrected chi connectivity index (χ2v) is 9.88. The Kier molecular flexibility index (Phi) is 4.03. The predicted octanol–water partition coefficient (Wildman–Crippen LogP) is 3.79. The molecule has 27 heavy (non-hydrogen) atoms. The van der Waals surface area contributed by atoms with Gasteiger partial charge in [-0.3, -0.25) is 4.79 Å². The van der Waals surface area contributed by atoms with Crippen LogP contribution in [-0.2, 0) is 14.3 Å². The average molecular weight is 373 g/mol. The van der Waals surface area contributed by atoms with E-state index in [2.05, 4.69) is 19.6 Å². The lowest BCUT2D eigenvalue weighted by molar-refractivity contribution is -0.177. The van der Waals surface area contributed by atoms with Crippen molar-refractivity contribution in [3.63, 3.8) is 0 Å². The van der Waals surface area contributed by atoms with Crippen molar-refractivity contribution in [3.05, 3.63) is 23.8 Å². The summed E-state index contributed by atoms with van der Waals surface area (Å²) in [5, 5.41) is 11.4. The van der Waals surface area contributed by atoms with E-state index in [0.29, 0.717) is 35.7 Å². The zero-order chi connectivity index (χ0) is 18.9. The fraction of sp³-hybridized carbons (Fsp3) is 0.783. The number of aliphatic hydroxyl groups is 1. The molecular weight excluding hydrogens is 340 g/mol. The zero-order valence-electron chi connectivity index (χ0n) is 16.4. The molecule has 5 aliphatic rings. The average Bonchev–Trinajstić information content (AvgIpc) is 3.23. The Balaban J connectivity index is 1.42. The van der Waals surface area contributed by atoms with Crippen molar-refractivity contribution in [2.75, 3.05) is 13.2 Å². The maximum atomic E-state index is 11.4. The van der Waals surface area contributed by atoms with Gasteiger partial charge in [-0.15, -0.1) is 0 Å². The van der Waals surface area contributed by atoms with E-state index in [1.54, 1.807) is 5.57 Å². The maximum Gasteiger partial charge on any atom is 0.172 e. The number of carbonyl (C=O) groups is 1. The minimum Gasteiger partial charge on any atom is -0.384 e. The van der Waals surface area contributed by atoms with Crippen LogP contribution >= 0.6 is 0 Å². The lowest BCUT2D eigenvalue weighted by Crippen LogP contribution is -2.53. The molecule has 0 aromatic carbocycles. The molecule has 3 saturated carbocycles. The summed E-state index contributed by atoms with van der Waals surface area (Å²) in [6, 6.07) is 0. The second-order valence-electron chi connectivity index (χ2n) is 9.88. The second kappa shape index (κ2) is 6.01. The van der Waals surface area contributed by atoms with E-state index in [4.69, 9.17) is 9.47 Å². The fourth-order valence-electron chi connectivity index (χ4n) is 7.63. The van der Waals surface area contributed by atoms with Crippen LogP contribution in [0.15, 0.2) is 23.8 Å². The first-order valence-corrected chi connectivity index (χ1v) is 10.8. The van der Waals surface area contributed by atoms with E-state index in [1.807, 2.05) is 0 Å². The van der Waals surface area contributed by atoms with Gasteiger partial charge in [-0.2, -0.15) is 0 Å². The monoisotopic (exact) mass is 372 g/mol. The molecule has 4 aliphatic carbocycles. The van der Waals surface area contributed by atoms with Crippen molar-refractivity contribution in [3.8, 4) is 0 Å². The summed E-state index contributed by atoms with van der Waals surface area (Å²) in [5.41, 5.74) is 0.702. The van der Waals surface area contributed by atoms with Crippen molar-refractivity contribution in [1.82, 2.24) is 0 Å². The van der Waals surface area contributed by atoms with E-state index in [1.165, 1.54) is 0 Å². The Morgan fingerprint density at radius 3 is 2.70 bits per heavy atom. The van der Waals surface area contributed by atoms with Gasteiger partial charge < -0.3 is 14.6 Å². The highest BCUT2D eigenvalue weighted by Crippen LogP contribution is 2.66. The van der Waals surface area contributed by atoms with Crippen LogP contribution in [0.3, 0.4) is 0 Å². The van der Waals surface area contributed by atoms with Gasteiger partial charge in [-0.1, -0.05) is 25.2 Å². The van der Waals surface area contributed by atoms with E-state index in [0.717, 1.165) is 64.4 Å². The van der Waals surface area contributed by atoms with Crippen molar-refractivity contribution in [1.29, 1.82) is 0 Å². The third kappa shape index (κ3) is 2.36. The number of fused-ring (bicyclic) bond motifs is 5. The van der Waals surface area contributed by atoms with Gasteiger partial charge in [0.2, 0.25) is 0 Å². The Hall–Kier alpha value is -0.970. The Labute approximate surface area is 162 Å². The Morgan fingerprint density at radius 1 is 1.19 bits per heavy atom. The maximum absolute atomic E-state index is 11.4. The molecule has 0 unspecified atom stereocenters. The highest BCUT2D eigenvalue weighted by molar-refractivity contribution is 5.76. The number of hydrogen-bond donors (Lipinski definition) is 1. The van der Waals surface area contributed by atoms with Crippen LogP contribution < -0.4 is 0 Å². The number of ether oxygens (including phenoxy) is 2. The Morgan fingerprint density at radius 2 is 1.96 bits per heavy atom. The summed E-state index contributed by atoms with van der Waals surface area (Å²) in [7, 11) is 0. The van der Waals surface area contributed by atoms with Gasteiger partial charge in [-0.25, -0.2) is 0 Å². The topological polar surface area (TPSA) is 55.8 Å². The molecule has 0 radical (unpaired) electrons. The SMILES string of the molecule is C=C(C=O)[C@]1(O)CC[C@H]2[C@@H]3CC=C4CC5(CC[C@@H]4[C@H]3CC[C@@]21C)OCCO5. The predicted molar refractivity (Wildman–Crippen MR) is 102 cm³/mol. The Bertz CT molecular complexity index is 690. The summed E-state index contributed by atoms with van der Waals surface area (Å²) >= 11 is 0. The lowest BCUT2D eigenvalue weighted by atomic mass is 9.50. The molecule has 4 heteroatoms. The molecule has 0 aromatic rings. The van der Waals surface area contributed by atoms with Crippen LogP contribution in [0.1, 0.15) is 58.3 Å². The summed E-state index contributed by atoms with van der Waals surface area (Å²) in [5.74, 6) is 2.10. The number of allylic oxidation sites excluding steroid dienone is 1. The van der Waals surface area contributed by atoms with Gasteiger partial charge >= 0.3 is 0 Å². The van der Waals surface area contributed by atoms with Crippen LogP contribution in [0.2, 0.25) is 0 Å². The fourth-order valence-corrected chi connectivity index (χ4v) is 7.63. The third-order valence-corrected chi connectivity index (χ3v) is 9.09. The first-order chi connectivity index (χ1) is 12.9. The molecule has 5 rings (SSSR count). The van der Waals surface area contributed by atoms with Crippen LogP contribution in [0.5, 0.6) is 0 Å². The number of rotatable bonds is 2. The zero-order valence-corrected chi connectivity index (χ0v) is 16.4. The molecule has 1 N–H and O–H groups in total. The van der Waals surface area contributed by atoms with Crippen molar-refractivity contribution >= 4 is 6.29 Å². The minimum atomic E-state index is -1.02. The summed E-state index contributed by atoms with van der Waals surface area (Å²) in [4.78, 5) is 11.4. The van der Waals surface area contributed by atoms with Crippen LogP contribution in [0, 0.1) is 29.1 Å². The van der Waals surface area contributed by atoms with Crippen molar-refractivity contribution in [2.24, 2.45) is 29.1 Å². The third-order valence-electron chi connectivity index (χ3n) is 9.09. The quantitative estimate of drug-likeness (QED) is 0.455. The smallest absolute Gasteiger partial charge is 0.172 e. The largest absolute Gasteiger partial charge is 0.384 e. The van der Waals surface area contributed by atoms with E-state index in [9.17, 15) is 9.90 Å². The van der Waals surface area contributed by atoms with Gasteiger partial charge in [0, 0.05) is 23.8 Å². The number of aldehydes is 1. The number of carbonyl (C=O) groups excluding carboxylic acids is 1. The normalized spacial score (nSPS) is 47.7. The standard InChI is InChI=1S/C23H32O4/c1-15(14-24)23(25)10-7-20-19-4-3-16-13-22(26-11-12-27-22)9-6-17(16)18(19)5-8-21(20,23)2/h3,14,17-20,25H,1,4-13H2,2H3/t17-,18+,19+,20-,21-,23+/m0/s1. The molecule has 1 saturated heterocycles. The molecule has 6 atom stereocenters. The van der Waals surface area contributed by atoms with Crippen LogP contribution in [-0.4, -0.2) is 36.0 Å². The van der Waals surface area contributed by atoms with Gasteiger partial charge in [0.1, 0.15) is 6.29 Å². The molecule has 0 bridgehead atoms. The van der Waals surface area contributed by atoms with Gasteiger partial charge in [0.05, 0.1) is 18.8 Å². The minimum absolute atomic E-state index is 0.217. The van der Waals surface area contributed by atoms with E-state index >= 15 is 0 Å². The van der Waals surface area contributed by atoms with Gasteiger partial charge in [-0.05, 0) is 62.2 Å². The van der Waals surface area contributed by atoms with Gasteiger partial charge in [0.15, 0.2) is 5.79 Å². The summed E-state index contributed by atoms with van der Waals surface area (Å²) in [6.07, 6.45) is 11.3. The lowest BCUT2D eigenvalue weighted by Gasteiger charge is -2.56. The van der Waals surface area contributed by atoms with Crippen LogP contribution in [0.4, 0.5) is 0 Å². The molecule has 1 heterocycles. The number of hydrogen-bond acceptors (Lipinski definition) is 4.